The van der Waals surface area contributed by atoms with E-state index in [1.54, 1.807) is 19.9 Å². The van der Waals surface area contributed by atoms with Gasteiger partial charge in [0.25, 0.3) is 5.91 Å². The fourth-order valence-corrected chi connectivity index (χ4v) is 4.36. The number of nitrogens with one attached hydrogen (secondary N) is 1. The lowest BCUT2D eigenvalue weighted by atomic mass is 10.1. The Morgan fingerprint density at radius 3 is 2.47 bits per heavy atom. The first-order valence-corrected chi connectivity index (χ1v) is 12.5. The molecule has 9 nitrogen and oxygen atoms in total. The number of alkyl halides is 3. The molecule has 0 unspecified atom stereocenters. The topological polar surface area (TPSA) is 115 Å². The van der Waals surface area contributed by atoms with Gasteiger partial charge in [-0.3, -0.25) is 4.79 Å². The molecule has 0 saturated heterocycles. The van der Waals surface area contributed by atoms with Crippen molar-refractivity contribution in [2.45, 2.75) is 33.2 Å². The van der Waals surface area contributed by atoms with E-state index in [2.05, 4.69) is 14.9 Å². The van der Waals surface area contributed by atoms with Crippen LogP contribution in [0.5, 0.6) is 5.75 Å². The van der Waals surface area contributed by atoms with Gasteiger partial charge in [0.15, 0.2) is 5.13 Å². The molecule has 184 valence electrons. The number of nitrogens with zero attached hydrogens (tertiary/aromatic N) is 3. The van der Waals surface area contributed by atoms with Gasteiger partial charge in [-0.25, -0.2) is 18.1 Å². The summed E-state index contributed by atoms with van der Waals surface area (Å²) in [5, 5.41) is 4.43. The van der Waals surface area contributed by atoms with Gasteiger partial charge < -0.3 is 14.2 Å². The maximum atomic E-state index is 12.4. The van der Waals surface area contributed by atoms with Crippen LogP contribution in [0.25, 0.3) is 0 Å². The van der Waals surface area contributed by atoms with Crippen molar-refractivity contribution in [1.29, 1.82) is 0 Å². The zero-order chi connectivity index (χ0) is 25.1. The zero-order valence-electron chi connectivity index (χ0n) is 18.3. The van der Waals surface area contributed by atoms with Gasteiger partial charge in [-0.05, 0) is 38.0 Å². The Kier molecular flexibility index (Phi) is 7.51. The second-order valence-electron chi connectivity index (χ2n) is 7.40. The summed E-state index contributed by atoms with van der Waals surface area (Å²) in [4.78, 5) is 19.0. The van der Waals surface area contributed by atoms with E-state index >= 15 is 0 Å². The molecule has 0 aliphatic rings. The predicted molar refractivity (Wildman–Crippen MR) is 118 cm³/mol. The van der Waals surface area contributed by atoms with Gasteiger partial charge in [0.05, 0.1) is 12.8 Å². The third-order valence-electron chi connectivity index (χ3n) is 4.41. The van der Waals surface area contributed by atoms with Crippen molar-refractivity contribution < 1.29 is 35.6 Å². The molecule has 14 heteroatoms. The molecule has 0 radical (unpaired) electrons. The van der Waals surface area contributed by atoms with Crippen molar-refractivity contribution in [2.75, 3.05) is 17.7 Å². The van der Waals surface area contributed by atoms with Gasteiger partial charge in [0.2, 0.25) is 10.0 Å². The van der Waals surface area contributed by atoms with Crippen LogP contribution in [0.1, 0.15) is 32.4 Å². The van der Waals surface area contributed by atoms with Crippen molar-refractivity contribution in [3.8, 4) is 5.75 Å². The van der Waals surface area contributed by atoms with Crippen molar-refractivity contribution in [1.82, 2.24) is 14.9 Å². The summed E-state index contributed by atoms with van der Waals surface area (Å²) in [6.45, 7) is 4.06. The Bertz CT molecular complexity index is 1250. The molecule has 0 fully saturated rings. The molecule has 1 aromatic carbocycles. The second-order valence-corrected chi connectivity index (χ2v) is 10.3. The Hall–Kier alpha value is -3.13. The van der Waals surface area contributed by atoms with Crippen molar-refractivity contribution >= 4 is 32.4 Å². The van der Waals surface area contributed by atoms with Crippen molar-refractivity contribution in [3.05, 3.63) is 57.9 Å². The summed E-state index contributed by atoms with van der Waals surface area (Å²) in [5.41, 5.74) is 1.35. The van der Waals surface area contributed by atoms with Crippen LogP contribution >= 0.6 is 11.3 Å². The third-order valence-corrected chi connectivity index (χ3v) is 5.99. The molecule has 0 aliphatic heterocycles. The average Bonchev–Trinajstić information content (AvgIpc) is 3.29. The number of rotatable bonds is 9. The quantitative estimate of drug-likeness (QED) is 0.457. The first-order chi connectivity index (χ1) is 15.8. The minimum absolute atomic E-state index is 0.0135. The number of anilines is 1. The van der Waals surface area contributed by atoms with Gasteiger partial charge in [0.1, 0.15) is 22.9 Å². The van der Waals surface area contributed by atoms with Crippen LogP contribution in [0.3, 0.4) is 0 Å². The zero-order valence-corrected chi connectivity index (χ0v) is 20.0. The van der Waals surface area contributed by atoms with Crippen LogP contribution in [0.2, 0.25) is 0 Å². The number of aryl methyl sites for hydroxylation is 2. The number of ether oxygens (including phenoxy) is 1. The van der Waals surface area contributed by atoms with E-state index in [4.69, 9.17) is 4.52 Å². The lowest BCUT2D eigenvalue weighted by Gasteiger charge is -2.20. The highest BCUT2D eigenvalue weighted by Crippen LogP contribution is 2.28. The lowest BCUT2D eigenvalue weighted by molar-refractivity contribution is -0.274. The Labute approximate surface area is 197 Å². The number of halogens is 3. The summed E-state index contributed by atoms with van der Waals surface area (Å²) < 4.78 is 70.8. The lowest BCUT2D eigenvalue weighted by Crippen LogP contribution is -2.30. The van der Waals surface area contributed by atoms with Crippen LogP contribution in [0.4, 0.5) is 18.3 Å². The van der Waals surface area contributed by atoms with Gasteiger partial charge in [-0.1, -0.05) is 17.3 Å². The summed E-state index contributed by atoms with van der Waals surface area (Å²) in [6.07, 6.45) is -3.46. The van der Waals surface area contributed by atoms with Gasteiger partial charge in [-0.2, -0.15) is 0 Å². The molecular weight excluding hydrogens is 497 g/mol. The standard InChI is InChI=1S/C20H21F3N4O5S2/c1-12-10-15(25-32-12)11-27(9-8-14-4-6-16(7-5-14)31-20(21,22)23)19-24-17(13(2)33-19)18(28)26-34(3,29)30/h4-7,10H,8-9,11H2,1-3H3,(H,26,28). The monoisotopic (exact) mass is 518 g/mol. The molecule has 0 spiro atoms. The molecule has 0 aliphatic carbocycles. The minimum Gasteiger partial charge on any atom is -0.406 e. The maximum absolute atomic E-state index is 12.4. The number of sulfonamides is 1. The summed E-state index contributed by atoms with van der Waals surface area (Å²) in [5.74, 6) is -0.540. The molecule has 1 amide bonds. The van der Waals surface area contributed by atoms with Crippen LogP contribution in [0.15, 0.2) is 34.9 Å². The fourth-order valence-electron chi connectivity index (χ4n) is 3.00. The molecule has 0 bridgehead atoms. The van der Waals surface area contributed by atoms with Gasteiger partial charge in [-0.15, -0.1) is 24.5 Å². The Morgan fingerprint density at radius 1 is 1.24 bits per heavy atom. The van der Waals surface area contributed by atoms with E-state index in [0.29, 0.717) is 34.4 Å². The van der Waals surface area contributed by atoms with Crippen LogP contribution in [-0.4, -0.2) is 43.6 Å². The van der Waals surface area contributed by atoms with E-state index in [-0.39, 0.29) is 18.0 Å². The van der Waals surface area contributed by atoms with Crippen LogP contribution in [-0.2, 0) is 23.0 Å². The third kappa shape index (κ3) is 7.45. The number of hydrogen-bond acceptors (Lipinski definition) is 9. The number of amides is 1. The summed E-state index contributed by atoms with van der Waals surface area (Å²) in [7, 11) is -3.76. The summed E-state index contributed by atoms with van der Waals surface area (Å²) >= 11 is 1.20. The number of benzene rings is 1. The Balaban J connectivity index is 1.79. The Morgan fingerprint density at radius 2 is 1.91 bits per heavy atom. The molecule has 1 N–H and O–H groups in total. The van der Waals surface area contributed by atoms with E-state index in [1.165, 1.54) is 35.6 Å². The van der Waals surface area contributed by atoms with Crippen LogP contribution < -0.4 is 14.4 Å². The van der Waals surface area contributed by atoms with Gasteiger partial charge >= 0.3 is 6.36 Å². The highest BCUT2D eigenvalue weighted by Gasteiger charge is 2.31. The first-order valence-electron chi connectivity index (χ1n) is 9.80. The van der Waals surface area contributed by atoms with E-state index in [9.17, 15) is 26.4 Å². The molecule has 3 aromatic rings. The number of carbonyl (C=O) groups is 1. The molecule has 2 aromatic heterocycles. The van der Waals surface area contributed by atoms with Crippen molar-refractivity contribution in [2.24, 2.45) is 0 Å². The maximum Gasteiger partial charge on any atom is 0.573 e. The van der Waals surface area contributed by atoms with E-state index in [1.807, 2.05) is 9.62 Å². The number of aromatic nitrogens is 2. The summed E-state index contributed by atoms with van der Waals surface area (Å²) in [6, 6.07) is 7.26. The first kappa shape index (κ1) is 25.5. The molecular formula is C20H21F3N4O5S2. The van der Waals surface area contributed by atoms with E-state index < -0.39 is 22.3 Å². The smallest absolute Gasteiger partial charge is 0.406 e. The highest BCUT2D eigenvalue weighted by molar-refractivity contribution is 7.89. The number of carbonyl (C=O) groups excluding carboxylic acids is 1. The normalized spacial score (nSPS) is 11.9. The minimum atomic E-state index is -4.77. The van der Waals surface area contributed by atoms with Crippen LogP contribution in [0, 0.1) is 13.8 Å². The average molecular weight is 519 g/mol. The molecule has 2 heterocycles. The van der Waals surface area contributed by atoms with E-state index in [0.717, 1.165) is 11.8 Å². The second kappa shape index (κ2) is 10.0. The highest BCUT2D eigenvalue weighted by atomic mass is 32.2. The molecule has 0 saturated carbocycles. The molecule has 0 atom stereocenters. The van der Waals surface area contributed by atoms with Gasteiger partial charge in [0, 0.05) is 17.5 Å². The largest absolute Gasteiger partial charge is 0.573 e. The SMILES string of the molecule is Cc1cc(CN(CCc2ccc(OC(F)(F)F)cc2)c2nc(C(=O)NS(C)(=O)=O)c(C)s2)no1. The number of thiazole rings is 1. The predicted octanol–water partition coefficient (Wildman–Crippen LogP) is 3.59. The molecule has 3 rings (SSSR count). The fraction of sp³-hybridized carbons (Fsp3) is 0.350. The molecule has 34 heavy (non-hydrogen) atoms. The van der Waals surface area contributed by atoms with Crippen molar-refractivity contribution in [3.63, 3.8) is 0 Å². The number of hydrogen-bond donors (Lipinski definition) is 1.